The summed E-state index contributed by atoms with van der Waals surface area (Å²) in [6.07, 6.45) is 11.3. The summed E-state index contributed by atoms with van der Waals surface area (Å²) < 4.78 is 0. The number of halogens is 2. The Morgan fingerprint density at radius 3 is 2.03 bits per heavy atom. The van der Waals surface area contributed by atoms with Crippen LogP contribution in [0.5, 0.6) is 5.75 Å². The van der Waals surface area contributed by atoms with Gasteiger partial charge in [0.15, 0.2) is 0 Å². The highest BCUT2D eigenvalue weighted by molar-refractivity contribution is 6.33. The molecule has 3 nitrogen and oxygen atoms in total. The van der Waals surface area contributed by atoms with Gasteiger partial charge in [0.25, 0.3) is 0 Å². The standard InChI is InChI=1S/C25H24Cl2O3/c26-21-9-19(24(29)30)4-2-17(21)1-3-18-8-20(23(28)10-22(18)27)25-11-14-5-15(12-25)7-16(6-14)13-25/h1-4,8-10,14-16,28H,5-7,11-13H2,(H,29,30)/b3-1+. The molecule has 6 rings (SSSR count). The van der Waals surface area contributed by atoms with E-state index in [-0.39, 0.29) is 11.0 Å². The van der Waals surface area contributed by atoms with Gasteiger partial charge in [-0.15, -0.1) is 0 Å². The molecule has 30 heavy (non-hydrogen) atoms. The van der Waals surface area contributed by atoms with Gasteiger partial charge in [0.2, 0.25) is 0 Å². The molecule has 2 N–H and O–H groups in total. The fourth-order valence-corrected chi connectivity index (χ4v) is 7.01. The van der Waals surface area contributed by atoms with E-state index in [1.165, 1.54) is 50.7 Å². The van der Waals surface area contributed by atoms with Gasteiger partial charge < -0.3 is 10.2 Å². The van der Waals surface area contributed by atoms with Crippen molar-refractivity contribution in [3.8, 4) is 5.75 Å². The number of hydrogen-bond donors (Lipinski definition) is 2. The Morgan fingerprint density at radius 1 is 0.900 bits per heavy atom. The van der Waals surface area contributed by atoms with Gasteiger partial charge in [-0.1, -0.05) is 41.4 Å². The Morgan fingerprint density at radius 2 is 1.47 bits per heavy atom. The SMILES string of the molecule is O=C(O)c1ccc(/C=C/c2cc(C34CC5CC(CC(C5)C3)C4)c(O)cc2Cl)c(Cl)c1. The second-order valence-electron chi connectivity index (χ2n) is 9.46. The van der Waals surface area contributed by atoms with Crippen LogP contribution in [-0.4, -0.2) is 16.2 Å². The molecule has 0 atom stereocenters. The monoisotopic (exact) mass is 442 g/mol. The number of aromatic carboxylic acids is 1. The molecule has 2 aromatic carbocycles. The summed E-state index contributed by atoms with van der Waals surface area (Å²) in [7, 11) is 0. The highest BCUT2D eigenvalue weighted by atomic mass is 35.5. The van der Waals surface area contributed by atoms with Crippen molar-refractivity contribution < 1.29 is 15.0 Å². The molecule has 4 aliphatic rings. The Hall–Kier alpha value is -1.97. The molecule has 0 amide bonds. The van der Waals surface area contributed by atoms with Crippen molar-refractivity contribution in [2.75, 3.05) is 0 Å². The van der Waals surface area contributed by atoms with Gasteiger partial charge in [-0.05, 0) is 97.1 Å². The lowest BCUT2D eigenvalue weighted by atomic mass is 9.48. The highest BCUT2D eigenvalue weighted by Gasteiger charge is 2.52. The average molecular weight is 443 g/mol. The van der Waals surface area contributed by atoms with Crippen LogP contribution in [0, 0.1) is 17.8 Å². The number of rotatable bonds is 4. The summed E-state index contributed by atoms with van der Waals surface area (Å²) in [5.41, 5.74) is 2.84. The minimum Gasteiger partial charge on any atom is -0.508 e. The second kappa shape index (κ2) is 7.32. The normalized spacial score (nSPS) is 29.6. The van der Waals surface area contributed by atoms with Crippen LogP contribution in [-0.2, 0) is 5.41 Å². The third kappa shape index (κ3) is 3.42. The van der Waals surface area contributed by atoms with Gasteiger partial charge in [-0.25, -0.2) is 4.79 Å². The highest BCUT2D eigenvalue weighted by Crippen LogP contribution is 2.62. The zero-order valence-corrected chi connectivity index (χ0v) is 18.1. The maximum atomic E-state index is 11.1. The molecule has 0 radical (unpaired) electrons. The van der Waals surface area contributed by atoms with E-state index in [1.54, 1.807) is 12.1 Å². The average Bonchev–Trinajstić information content (AvgIpc) is 2.66. The number of phenols is 1. The fraction of sp³-hybridized carbons (Fsp3) is 0.400. The molecule has 0 aromatic heterocycles. The lowest BCUT2D eigenvalue weighted by molar-refractivity contribution is -0.00613. The van der Waals surface area contributed by atoms with E-state index in [2.05, 4.69) is 6.07 Å². The summed E-state index contributed by atoms with van der Waals surface area (Å²) >= 11 is 12.7. The molecule has 0 saturated heterocycles. The molecule has 4 saturated carbocycles. The van der Waals surface area contributed by atoms with E-state index in [1.807, 2.05) is 12.2 Å². The number of aromatic hydroxyl groups is 1. The van der Waals surface area contributed by atoms with Crippen LogP contribution in [0.25, 0.3) is 12.2 Å². The number of hydrogen-bond acceptors (Lipinski definition) is 2. The molecular weight excluding hydrogens is 419 g/mol. The van der Waals surface area contributed by atoms with Crippen molar-refractivity contribution in [1.29, 1.82) is 0 Å². The van der Waals surface area contributed by atoms with Crippen LogP contribution in [0.15, 0.2) is 30.3 Å². The van der Waals surface area contributed by atoms with Crippen LogP contribution in [0.3, 0.4) is 0 Å². The van der Waals surface area contributed by atoms with E-state index >= 15 is 0 Å². The Kier molecular flexibility index (Phi) is 4.87. The maximum absolute atomic E-state index is 11.1. The zero-order chi connectivity index (χ0) is 21.0. The Bertz CT molecular complexity index is 1020. The maximum Gasteiger partial charge on any atom is 0.335 e. The predicted molar refractivity (Wildman–Crippen MR) is 120 cm³/mol. The third-order valence-electron chi connectivity index (χ3n) is 7.41. The molecule has 0 heterocycles. The van der Waals surface area contributed by atoms with Crippen LogP contribution in [0.4, 0.5) is 0 Å². The topological polar surface area (TPSA) is 57.5 Å². The summed E-state index contributed by atoms with van der Waals surface area (Å²) in [4.78, 5) is 11.1. The van der Waals surface area contributed by atoms with Gasteiger partial charge in [0.1, 0.15) is 5.75 Å². The minimum absolute atomic E-state index is 0.0762. The number of carboxylic acids is 1. The fourth-order valence-electron chi connectivity index (χ4n) is 6.55. The number of carbonyl (C=O) groups is 1. The first-order valence-electron chi connectivity index (χ1n) is 10.6. The first-order valence-corrected chi connectivity index (χ1v) is 11.3. The van der Waals surface area contributed by atoms with Crippen molar-refractivity contribution >= 4 is 41.3 Å². The molecule has 4 fully saturated rings. The van der Waals surface area contributed by atoms with E-state index in [0.717, 1.165) is 34.4 Å². The van der Waals surface area contributed by atoms with Gasteiger partial charge in [-0.2, -0.15) is 0 Å². The van der Waals surface area contributed by atoms with Crippen molar-refractivity contribution in [3.63, 3.8) is 0 Å². The van der Waals surface area contributed by atoms with Crippen molar-refractivity contribution in [3.05, 3.63) is 62.6 Å². The van der Waals surface area contributed by atoms with Crippen molar-refractivity contribution in [2.45, 2.75) is 43.9 Å². The molecule has 4 aliphatic carbocycles. The van der Waals surface area contributed by atoms with Crippen LogP contribution in [0.1, 0.15) is 65.6 Å². The molecule has 0 aliphatic heterocycles. The first kappa shape index (κ1) is 20.0. The predicted octanol–water partition coefficient (Wildman–Crippen LogP) is 7.04. The van der Waals surface area contributed by atoms with E-state index in [4.69, 9.17) is 28.3 Å². The summed E-state index contributed by atoms with van der Waals surface area (Å²) in [5, 5.41) is 20.8. The first-order chi connectivity index (χ1) is 14.3. The molecular formula is C25H24Cl2O3. The van der Waals surface area contributed by atoms with E-state index < -0.39 is 5.97 Å². The number of carboxylic acid groups (broad SMARTS) is 1. The molecule has 156 valence electrons. The van der Waals surface area contributed by atoms with Crippen LogP contribution in [0.2, 0.25) is 10.0 Å². The van der Waals surface area contributed by atoms with Crippen molar-refractivity contribution in [1.82, 2.24) is 0 Å². The molecule has 5 heteroatoms. The van der Waals surface area contributed by atoms with Gasteiger partial charge >= 0.3 is 5.97 Å². The number of phenolic OH excluding ortho intramolecular Hbond substituents is 1. The largest absolute Gasteiger partial charge is 0.508 e. The molecule has 0 unspecified atom stereocenters. The van der Waals surface area contributed by atoms with E-state index in [9.17, 15) is 9.90 Å². The third-order valence-corrected chi connectivity index (χ3v) is 8.07. The Balaban J connectivity index is 1.49. The number of benzene rings is 2. The summed E-state index contributed by atoms with van der Waals surface area (Å²) in [6, 6.07) is 8.40. The summed E-state index contributed by atoms with van der Waals surface area (Å²) in [5.74, 6) is 1.67. The molecule has 2 aromatic rings. The molecule has 0 spiro atoms. The minimum atomic E-state index is -1.01. The molecule has 4 bridgehead atoms. The van der Waals surface area contributed by atoms with E-state index in [0.29, 0.717) is 15.8 Å². The smallest absolute Gasteiger partial charge is 0.335 e. The van der Waals surface area contributed by atoms with Crippen LogP contribution < -0.4 is 0 Å². The Labute approximate surface area is 186 Å². The summed E-state index contributed by atoms with van der Waals surface area (Å²) in [6.45, 7) is 0. The zero-order valence-electron chi connectivity index (χ0n) is 16.6. The van der Waals surface area contributed by atoms with Gasteiger partial charge in [0, 0.05) is 10.6 Å². The second-order valence-corrected chi connectivity index (χ2v) is 10.3. The van der Waals surface area contributed by atoms with Gasteiger partial charge in [0.05, 0.1) is 10.6 Å². The van der Waals surface area contributed by atoms with Crippen LogP contribution >= 0.6 is 23.2 Å². The van der Waals surface area contributed by atoms with Gasteiger partial charge in [-0.3, -0.25) is 0 Å². The van der Waals surface area contributed by atoms with Crippen molar-refractivity contribution in [2.24, 2.45) is 17.8 Å². The lowest BCUT2D eigenvalue weighted by Gasteiger charge is -2.57. The lowest BCUT2D eigenvalue weighted by Crippen LogP contribution is -2.48. The quantitative estimate of drug-likeness (QED) is 0.499.